The molecule has 0 saturated heterocycles. The summed E-state index contributed by atoms with van der Waals surface area (Å²) in [5, 5.41) is 1.23. The maximum Gasteiger partial charge on any atom is 0.254 e. The maximum absolute atomic E-state index is 12.4. The van der Waals surface area contributed by atoms with Gasteiger partial charge in [-0.25, -0.2) is 4.98 Å². The summed E-state index contributed by atoms with van der Waals surface area (Å²) in [6.45, 7) is 2.15. The van der Waals surface area contributed by atoms with Crippen LogP contribution in [0.3, 0.4) is 0 Å². The van der Waals surface area contributed by atoms with Gasteiger partial charge in [0.1, 0.15) is 5.15 Å². The van der Waals surface area contributed by atoms with Crippen LogP contribution in [0.1, 0.15) is 21.6 Å². The third-order valence-corrected chi connectivity index (χ3v) is 4.01. The normalized spacial score (nSPS) is 10.5. The van der Waals surface area contributed by atoms with Gasteiger partial charge in [-0.2, -0.15) is 0 Å². The van der Waals surface area contributed by atoms with Gasteiger partial charge >= 0.3 is 0 Å². The molecule has 1 aromatic carbocycles. The fourth-order valence-electron chi connectivity index (χ4n) is 1.97. The molecule has 0 fully saturated rings. The molecule has 21 heavy (non-hydrogen) atoms. The highest BCUT2D eigenvalue weighted by molar-refractivity contribution is 6.42. The van der Waals surface area contributed by atoms with Crippen molar-refractivity contribution in [1.29, 1.82) is 0 Å². The molecule has 0 aliphatic heterocycles. The van der Waals surface area contributed by atoms with Gasteiger partial charge in [-0.05, 0) is 30.7 Å². The van der Waals surface area contributed by atoms with E-state index in [0.29, 0.717) is 33.0 Å². The lowest BCUT2D eigenvalue weighted by atomic mass is 10.1. The first-order valence-corrected chi connectivity index (χ1v) is 7.34. The topological polar surface area (TPSA) is 33.2 Å². The number of pyridine rings is 1. The van der Waals surface area contributed by atoms with E-state index in [1.165, 1.54) is 0 Å². The molecule has 0 unspecified atom stereocenters. The molecule has 0 aliphatic carbocycles. The lowest BCUT2D eigenvalue weighted by Crippen LogP contribution is -2.26. The van der Waals surface area contributed by atoms with E-state index < -0.39 is 0 Å². The number of aromatic nitrogens is 1. The van der Waals surface area contributed by atoms with E-state index in [9.17, 15) is 4.79 Å². The number of rotatable bonds is 3. The van der Waals surface area contributed by atoms with E-state index in [1.54, 1.807) is 43.1 Å². The molecular weight excluding hydrogens is 331 g/mol. The molecule has 1 amide bonds. The molecule has 2 aromatic rings. The predicted molar refractivity (Wildman–Crippen MR) is 86.2 cm³/mol. The summed E-state index contributed by atoms with van der Waals surface area (Å²) in [7, 11) is 1.70. The second kappa shape index (κ2) is 6.65. The zero-order valence-electron chi connectivity index (χ0n) is 11.5. The minimum atomic E-state index is -0.154. The molecule has 0 saturated carbocycles. The van der Waals surface area contributed by atoms with Crippen LogP contribution >= 0.6 is 34.8 Å². The Hall–Kier alpha value is -1.29. The third-order valence-electron chi connectivity index (χ3n) is 2.95. The molecule has 1 heterocycles. The molecule has 6 heteroatoms. The van der Waals surface area contributed by atoms with Gasteiger partial charge in [0.25, 0.3) is 5.91 Å². The van der Waals surface area contributed by atoms with Crippen molar-refractivity contribution >= 4 is 40.7 Å². The van der Waals surface area contributed by atoms with E-state index in [2.05, 4.69) is 4.98 Å². The van der Waals surface area contributed by atoms with Crippen molar-refractivity contribution in [3.63, 3.8) is 0 Å². The Balaban J connectivity index is 2.21. The van der Waals surface area contributed by atoms with Gasteiger partial charge in [-0.1, -0.05) is 46.9 Å². The first-order chi connectivity index (χ1) is 9.88. The summed E-state index contributed by atoms with van der Waals surface area (Å²) >= 11 is 18.0. The highest BCUT2D eigenvalue weighted by atomic mass is 35.5. The zero-order chi connectivity index (χ0) is 15.6. The highest BCUT2D eigenvalue weighted by Crippen LogP contribution is 2.26. The SMILES string of the molecule is Cc1cc(C(=O)N(C)Cc2cccc(Cl)c2Cl)cc(Cl)n1. The molecule has 0 bridgehead atoms. The van der Waals surface area contributed by atoms with Crippen LogP contribution in [0.15, 0.2) is 30.3 Å². The average molecular weight is 344 g/mol. The van der Waals surface area contributed by atoms with Crippen molar-refractivity contribution in [3.05, 3.63) is 62.4 Å². The van der Waals surface area contributed by atoms with Crippen molar-refractivity contribution in [1.82, 2.24) is 9.88 Å². The van der Waals surface area contributed by atoms with E-state index in [0.717, 1.165) is 5.56 Å². The number of amides is 1. The highest BCUT2D eigenvalue weighted by Gasteiger charge is 2.15. The Bertz CT molecular complexity index is 668. The van der Waals surface area contributed by atoms with Crippen molar-refractivity contribution in [2.24, 2.45) is 0 Å². The van der Waals surface area contributed by atoms with Gasteiger partial charge in [0.05, 0.1) is 10.0 Å². The van der Waals surface area contributed by atoms with Gasteiger partial charge in [0.2, 0.25) is 0 Å². The quantitative estimate of drug-likeness (QED) is 0.762. The van der Waals surface area contributed by atoms with Crippen LogP contribution in [-0.2, 0) is 6.54 Å². The number of hydrogen-bond acceptors (Lipinski definition) is 2. The molecule has 1 aromatic heterocycles. The minimum Gasteiger partial charge on any atom is -0.337 e. The van der Waals surface area contributed by atoms with Gasteiger partial charge in [0, 0.05) is 24.8 Å². The first-order valence-electron chi connectivity index (χ1n) is 6.21. The molecule has 0 radical (unpaired) electrons. The molecule has 0 atom stereocenters. The summed E-state index contributed by atoms with van der Waals surface area (Å²) in [5.74, 6) is -0.154. The van der Waals surface area contributed by atoms with Crippen LogP contribution in [0.5, 0.6) is 0 Å². The zero-order valence-corrected chi connectivity index (χ0v) is 13.8. The Kier molecular flexibility index (Phi) is 5.09. The molecule has 110 valence electrons. The summed E-state index contributed by atoms with van der Waals surface area (Å²) in [5.41, 5.74) is 1.98. The Morgan fingerprint density at radius 1 is 1.24 bits per heavy atom. The summed E-state index contributed by atoms with van der Waals surface area (Å²) < 4.78 is 0. The van der Waals surface area contributed by atoms with Gasteiger partial charge in [-0.15, -0.1) is 0 Å². The first kappa shape index (κ1) is 16.1. The third kappa shape index (κ3) is 3.88. The standard InChI is InChI=1S/C15H13Cl3N2O/c1-9-6-11(7-13(17)19-9)15(21)20(2)8-10-4-3-5-12(16)14(10)18/h3-7H,8H2,1-2H3. The van der Waals surface area contributed by atoms with Crippen molar-refractivity contribution in [2.75, 3.05) is 7.05 Å². The molecule has 0 N–H and O–H groups in total. The number of carbonyl (C=O) groups excluding carboxylic acids is 1. The smallest absolute Gasteiger partial charge is 0.254 e. The van der Waals surface area contributed by atoms with E-state index in [1.807, 2.05) is 6.07 Å². The van der Waals surface area contributed by atoms with Crippen LogP contribution in [0.4, 0.5) is 0 Å². The van der Waals surface area contributed by atoms with Gasteiger partial charge in [0.15, 0.2) is 0 Å². The number of halogens is 3. The fourth-order valence-corrected chi connectivity index (χ4v) is 2.60. The number of benzene rings is 1. The fraction of sp³-hybridized carbons (Fsp3) is 0.200. The Morgan fingerprint density at radius 2 is 1.95 bits per heavy atom. The van der Waals surface area contributed by atoms with Crippen LogP contribution in [-0.4, -0.2) is 22.8 Å². The van der Waals surface area contributed by atoms with Gasteiger partial charge < -0.3 is 4.90 Å². The Labute approximate surface area is 138 Å². The Morgan fingerprint density at radius 3 is 2.62 bits per heavy atom. The van der Waals surface area contributed by atoms with Crippen LogP contribution < -0.4 is 0 Å². The number of carbonyl (C=O) groups is 1. The van der Waals surface area contributed by atoms with Gasteiger partial charge in [-0.3, -0.25) is 4.79 Å². The second-order valence-electron chi connectivity index (χ2n) is 4.69. The second-order valence-corrected chi connectivity index (χ2v) is 5.87. The molecule has 0 aliphatic rings. The van der Waals surface area contributed by atoms with E-state index in [-0.39, 0.29) is 5.91 Å². The van der Waals surface area contributed by atoms with E-state index in [4.69, 9.17) is 34.8 Å². The van der Waals surface area contributed by atoms with Crippen molar-refractivity contribution < 1.29 is 4.79 Å². The van der Waals surface area contributed by atoms with E-state index >= 15 is 0 Å². The molecular formula is C15H13Cl3N2O. The largest absolute Gasteiger partial charge is 0.337 e. The maximum atomic E-state index is 12.4. The van der Waals surface area contributed by atoms with Crippen LogP contribution in [0.2, 0.25) is 15.2 Å². The van der Waals surface area contributed by atoms with Crippen LogP contribution in [0, 0.1) is 6.92 Å². The molecule has 2 rings (SSSR count). The number of hydrogen-bond donors (Lipinski definition) is 0. The summed E-state index contributed by atoms with van der Waals surface area (Å²) in [6, 6.07) is 8.59. The molecule has 0 spiro atoms. The lowest BCUT2D eigenvalue weighted by molar-refractivity contribution is 0.0785. The molecule has 3 nitrogen and oxygen atoms in total. The van der Waals surface area contributed by atoms with Crippen LogP contribution in [0.25, 0.3) is 0 Å². The lowest BCUT2D eigenvalue weighted by Gasteiger charge is -2.18. The van der Waals surface area contributed by atoms with Crippen molar-refractivity contribution in [2.45, 2.75) is 13.5 Å². The minimum absolute atomic E-state index is 0.154. The average Bonchev–Trinajstić information content (AvgIpc) is 2.42. The number of aryl methyl sites for hydroxylation is 1. The summed E-state index contributed by atoms with van der Waals surface area (Å²) in [4.78, 5) is 18.0. The monoisotopic (exact) mass is 342 g/mol. The predicted octanol–water partition coefficient (Wildman–Crippen LogP) is 4.62. The van der Waals surface area contributed by atoms with Crippen molar-refractivity contribution in [3.8, 4) is 0 Å². The summed E-state index contributed by atoms with van der Waals surface area (Å²) in [6.07, 6.45) is 0. The number of nitrogens with zero attached hydrogens (tertiary/aromatic N) is 2.